The Morgan fingerprint density at radius 3 is 2.55 bits per heavy atom. The summed E-state index contributed by atoms with van der Waals surface area (Å²) in [7, 11) is 3.25. The van der Waals surface area contributed by atoms with Crippen molar-refractivity contribution in [2.45, 2.75) is 26.7 Å². The Bertz CT molecular complexity index is 998. The number of guanidine groups is 1. The van der Waals surface area contributed by atoms with Crippen molar-refractivity contribution in [2.75, 3.05) is 32.6 Å². The van der Waals surface area contributed by atoms with Crippen LogP contribution >= 0.6 is 0 Å². The summed E-state index contributed by atoms with van der Waals surface area (Å²) < 4.78 is 12.6. The second-order valence-corrected chi connectivity index (χ2v) is 7.08. The van der Waals surface area contributed by atoms with Crippen molar-refractivity contribution >= 4 is 11.6 Å². The molecule has 0 spiro atoms. The first kappa shape index (κ1) is 22.2. The molecule has 0 aliphatic heterocycles. The maximum atomic E-state index is 5.38. The molecule has 0 atom stereocenters. The van der Waals surface area contributed by atoms with E-state index in [1.165, 1.54) is 5.56 Å². The molecular weight excluding hydrogens is 390 g/mol. The number of methoxy groups -OCH3 is 2. The fraction of sp³-hybridized carbons (Fsp3) is 0.333. The zero-order valence-corrected chi connectivity index (χ0v) is 18.7. The summed E-state index contributed by atoms with van der Waals surface area (Å²) in [5.41, 5.74) is 4.26. The molecule has 3 rings (SSSR count). The quantitative estimate of drug-likeness (QED) is 0.308. The van der Waals surface area contributed by atoms with Gasteiger partial charge >= 0.3 is 0 Å². The molecule has 7 heteroatoms. The second-order valence-electron chi connectivity index (χ2n) is 7.08. The molecule has 164 valence electrons. The predicted octanol–water partition coefficient (Wildman–Crippen LogP) is 4.21. The van der Waals surface area contributed by atoms with Crippen LogP contribution in [-0.4, -0.2) is 43.0 Å². The van der Waals surface area contributed by atoms with E-state index in [-0.39, 0.29) is 0 Å². The molecule has 0 aliphatic carbocycles. The summed E-state index contributed by atoms with van der Waals surface area (Å²) in [6.07, 6.45) is 3.98. The van der Waals surface area contributed by atoms with E-state index in [9.17, 15) is 0 Å². The van der Waals surface area contributed by atoms with E-state index in [4.69, 9.17) is 14.5 Å². The van der Waals surface area contributed by atoms with Crippen LogP contribution in [0, 0.1) is 6.92 Å². The van der Waals surface area contributed by atoms with Gasteiger partial charge in [0.15, 0.2) is 17.5 Å². The van der Waals surface area contributed by atoms with Gasteiger partial charge in [0.2, 0.25) is 0 Å². The van der Waals surface area contributed by atoms with Crippen molar-refractivity contribution in [2.24, 2.45) is 4.99 Å². The monoisotopic (exact) mass is 421 g/mol. The lowest BCUT2D eigenvalue weighted by atomic mass is 10.1. The van der Waals surface area contributed by atoms with Crippen LogP contribution in [0.1, 0.15) is 24.6 Å². The lowest BCUT2D eigenvalue weighted by Gasteiger charge is -2.13. The van der Waals surface area contributed by atoms with Gasteiger partial charge in [0.05, 0.1) is 25.6 Å². The van der Waals surface area contributed by atoms with Gasteiger partial charge in [0.1, 0.15) is 0 Å². The van der Waals surface area contributed by atoms with E-state index in [0.29, 0.717) is 18.0 Å². The summed E-state index contributed by atoms with van der Waals surface area (Å²) >= 11 is 0. The van der Waals surface area contributed by atoms with Crippen LogP contribution < -0.4 is 20.1 Å². The van der Waals surface area contributed by atoms with Gasteiger partial charge < -0.3 is 20.1 Å². The number of benzene rings is 2. The Hall–Kier alpha value is -3.48. The van der Waals surface area contributed by atoms with Gasteiger partial charge in [-0.25, -0.2) is 4.68 Å². The second kappa shape index (κ2) is 11.1. The van der Waals surface area contributed by atoms with Crippen LogP contribution in [0.3, 0.4) is 0 Å². The zero-order chi connectivity index (χ0) is 22.1. The Kier molecular flexibility index (Phi) is 7.92. The van der Waals surface area contributed by atoms with E-state index in [2.05, 4.69) is 41.0 Å². The first-order valence-corrected chi connectivity index (χ1v) is 10.5. The molecule has 31 heavy (non-hydrogen) atoms. The number of aromatic nitrogens is 2. The molecule has 1 aromatic heterocycles. The van der Waals surface area contributed by atoms with Crippen molar-refractivity contribution in [3.8, 4) is 17.2 Å². The smallest absolute Gasteiger partial charge is 0.195 e. The minimum Gasteiger partial charge on any atom is -0.493 e. The van der Waals surface area contributed by atoms with E-state index < -0.39 is 0 Å². The van der Waals surface area contributed by atoms with E-state index in [1.807, 2.05) is 48.0 Å². The first-order chi connectivity index (χ1) is 15.1. The number of rotatable bonds is 9. The van der Waals surface area contributed by atoms with Gasteiger partial charge in [-0.2, -0.15) is 5.10 Å². The topological polar surface area (TPSA) is 72.7 Å². The third-order valence-electron chi connectivity index (χ3n) is 4.89. The highest BCUT2D eigenvalue weighted by atomic mass is 16.5. The SMILES string of the molecule is CCNC(=NCCCc1cn(-c2ccccc2)nc1C)Nc1ccc(OC)c(OC)c1. The summed E-state index contributed by atoms with van der Waals surface area (Å²) in [5.74, 6) is 2.11. The average molecular weight is 422 g/mol. The largest absolute Gasteiger partial charge is 0.493 e. The molecule has 0 unspecified atom stereocenters. The summed E-state index contributed by atoms with van der Waals surface area (Å²) in [5, 5.41) is 11.3. The number of nitrogens with one attached hydrogen (secondary N) is 2. The minimum atomic E-state index is 0.675. The number of hydrogen-bond acceptors (Lipinski definition) is 4. The van der Waals surface area contributed by atoms with Gasteiger partial charge in [-0.1, -0.05) is 18.2 Å². The molecule has 0 radical (unpaired) electrons. The number of nitrogens with zero attached hydrogens (tertiary/aromatic N) is 3. The Labute approximate surface area is 184 Å². The maximum Gasteiger partial charge on any atom is 0.195 e. The van der Waals surface area contributed by atoms with Crippen LogP contribution in [0.5, 0.6) is 11.5 Å². The van der Waals surface area contributed by atoms with Crippen LogP contribution in [0.4, 0.5) is 5.69 Å². The lowest BCUT2D eigenvalue weighted by molar-refractivity contribution is 0.355. The van der Waals surface area contributed by atoms with Crippen molar-refractivity contribution in [3.05, 3.63) is 66.0 Å². The normalized spacial score (nSPS) is 11.3. The number of aliphatic imine (C=N–C) groups is 1. The number of hydrogen-bond donors (Lipinski definition) is 2. The molecule has 0 aliphatic rings. The Morgan fingerprint density at radius 1 is 1.06 bits per heavy atom. The van der Waals surface area contributed by atoms with Gasteiger partial charge in [-0.05, 0) is 56.5 Å². The molecule has 7 nitrogen and oxygen atoms in total. The highest BCUT2D eigenvalue weighted by molar-refractivity contribution is 5.93. The Balaban J connectivity index is 1.60. The molecule has 1 heterocycles. The van der Waals surface area contributed by atoms with Gasteiger partial charge in [-0.3, -0.25) is 4.99 Å². The van der Waals surface area contributed by atoms with Gasteiger partial charge in [0.25, 0.3) is 0 Å². The van der Waals surface area contributed by atoms with Crippen LogP contribution in [0.2, 0.25) is 0 Å². The molecule has 0 fully saturated rings. The van der Waals surface area contributed by atoms with Crippen LogP contribution in [0.15, 0.2) is 59.7 Å². The van der Waals surface area contributed by atoms with Gasteiger partial charge in [-0.15, -0.1) is 0 Å². The third-order valence-corrected chi connectivity index (χ3v) is 4.89. The molecule has 2 aromatic carbocycles. The van der Waals surface area contributed by atoms with Crippen molar-refractivity contribution in [3.63, 3.8) is 0 Å². The highest BCUT2D eigenvalue weighted by Crippen LogP contribution is 2.29. The van der Waals surface area contributed by atoms with Crippen LogP contribution in [-0.2, 0) is 6.42 Å². The van der Waals surface area contributed by atoms with Crippen molar-refractivity contribution in [1.29, 1.82) is 0 Å². The lowest BCUT2D eigenvalue weighted by Crippen LogP contribution is -2.30. The molecule has 2 N–H and O–H groups in total. The molecule has 0 saturated carbocycles. The molecule has 0 saturated heterocycles. The maximum absolute atomic E-state index is 5.38. The minimum absolute atomic E-state index is 0.675. The number of para-hydroxylation sites is 1. The molecule has 0 bridgehead atoms. The highest BCUT2D eigenvalue weighted by Gasteiger charge is 2.08. The number of ether oxygens (including phenoxy) is 2. The third kappa shape index (κ3) is 6.01. The zero-order valence-electron chi connectivity index (χ0n) is 18.7. The van der Waals surface area contributed by atoms with Crippen molar-refractivity contribution < 1.29 is 9.47 Å². The summed E-state index contributed by atoms with van der Waals surface area (Å²) in [6, 6.07) is 15.9. The number of aryl methyl sites for hydroxylation is 2. The van der Waals surface area contributed by atoms with Crippen LogP contribution in [0.25, 0.3) is 5.69 Å². The fourth-order valence-corrected chi connectivity index (χ4v) is 3.27. The number of anilines is 1. The molecule has 0 amide bonds. The van der Waals surface area contributed by atoms with E-state index in [0.717, 1.165) is 42.4 Å². The summed E-state index contributed by atoms with van der Waals surface area (Å²) in [4.78, 5) is 4.71. The Morgan fingerprint density at radius 2 is 1.84 bits per heavy atom. The van der Waals surface area contributed by atoms with E-state index in [1.54, 1.807) is 14.2 Å². The van der Waals surface area contributed by atoms with Gasteiger partial charge in [0, 0.05) is 31.0 Å². The molecule has 3 aromatic rings. The first-order valence-electron chi connectivity index (χ1n) is 10.5. The van der Waals surface area contributed by atoms with E-state index >= 15 is 0 Å². The molecular formula is C24H31N5O2. The van der Waals surface area contributed by atoms with Crippen molar-refractivity contribution in [1.82, 2.24) is 15.1 Å². The predicted molar refractivity (Wildman–Crippen MR) is 126 cm³/mol. The summed E-state index contributed by atoms with van der Waals surface area (Å²) in [6.45, 7) is 5.59. The standard InChI is InChI=1S/C24H31N5O2/c1-5-25-24(27-20-13-14-22(30-3)23(16-20)31-4)26-15-9-10-19-17-29(28-18(19)2)21-11-7-6-8-12-21/h6-8,11-14,16-17H,5,9-10,15H2,1-4H3,(H2,25,26,27). The average Bonchev–Trinajstić information content (AvgIpc) is 3.17. The fourth-order valence-electron chi connectivity index (χ4n) is 3.27.